The summed E-state index contributed by atoms with van der Waals surface area (Å²) in [6, 6.07) is 10.8. The molecule has 0 radical (unpaired) electrons. The molecule has 0 spiro atoms. The van der Waals surface area contributed by atoms with Crippen LogP contribution in [-0.4, -0.2) is 45.5 Å². The molecule has 1 N–H and O–H groups in total. The molecule has 0 fully saturated rings. The molecule has 2 aromatic carbocycles. The van der Waals surface area contributed by atoms with Crippen molar-refractivity contribution in [1.82, 2.24) is 5.32 Å². The van der Waals surface area contributed by atoms with Crippen molar-refractivity contribution in [2.75, 3.05) is 27.9 Å². The van der Waals surface area contributed by atoms with Crippen molar-refractivity contribution in [3.63, 3.8) is 0 Å². The number of unbranched alkanes of at least 4 members (excludes halogenated alkanes) is 1. The van der Waals surface area contributed by atoms with Crippen LogP contribution in [-0.2, 0) is 19.1 Å². The molecule has 0 saturated heterocycles. The van der Waals surface area contributed by atoms with Crippen molar-refractivity contribution in [2.24, 2.45) is 0 Å². The van der Waals surface area contributed by atoms with Gasteiger partial charge in [0.05, 0.1) is 21.3 Å². The number of rotatable bonds is 11. The zero-order chi connectivity index (χ0) is 23.5. The highest BCUT2D eigenvalue weighted by atomic mass is 19.1. The Morgan fingerprint density at radius 2 is 1.56 bits per heavy atom. The molecule has 0 bridgehead atoms. The Labute approximate surface area is 186 Å². The molecule has 2 aromatic rings. The zero-order valence-electron chi connectivity index (χ0n) is 18.3. The minimum absolute atomic E-state index is 0.0484. The van der Waals surface area contributed by atoms with Crippen LogP contribution in [0.5, 0.6) is 11.5 Å². The predicted molar refractivity (Wildman–Crippen MR) is 118 cm³/mol. The molecule has 170 valence electrons. The minimum atomic E-state index is -0.871. The van der Waals surface area contributed by atoms with E-state index in [1.165, 1.54) is 38.5 Å². The molecular formula is C24H26FNO6. The van der Waals surface area contributed by atoms with Crippen molar-refractivity contribution in [3.8, 4) is 11.5 Å². The van der Waals surface area contributed by atoms with Crippen molar-refractivity contribution >= 4 is 29.3 Å². The number of halogens is 1. The van der Waals surface area contributed by atoms with E-state index in [4.69, 9.17) is 9.47 Å². The number of esters is 1. The largest absolute Gasteiger partial charge is 0.497 e. The zero-order valence-corrected chi connectivity index (χ0v) is 18.3. The second-order valence-corrected chi connectivity index (χ2v) is 6.84. The quantitative estimate of drug-likeness (QED) is 0.188. The Morgan fingerprint density at radius 1 is 0.938 bits per heavy atom. The number of methoxy groups -OCH3 is 3. The first-order valence-corrected chi connectivity index (χ1v) is 9.98. The standard InChI is InChI=1S/C24H26FNO6/c1-30-19-12-16(13-20(15-19)31-2)14-21(17-7-9-18(25)10-8-17)23(28)26-11-5-4-6-22(27)24(29)32-3/h7-10,12-15H,4-6,11H2,1-3H3,(H,26,28)/b21-14-. The van der Waals surface area contributed by atoms with Crippen molar-refractivity contribution in [2.45, 2.75) is 19.3 Å². The minimum Gasteiger partial charge on any atom is -0.497 e. The number of ether oxygens (including phenoxy) is 3. The predicted octanol–water partition coefficient (Wildman–Crippen LogP) is 3.41. The highest BCUT2D eigenvalue weighted by molar-refractivity contribution is 6.33. The van der Waals surface area contributed by atoms with E-state index in [1.807, 2.05) is 0 Å². The molecule has 0 atom stereocenters. The fourth-order valence-electron chi connectivity index (χ4n) is 2.91. The molecule has 0 aliphatic heterocycles. The number of amides is 1. The van der Waals surface area contributed by atoms with E-state index in [-0.39, 0.29) is 12.3 Å². The van der Waals surface area contributed by atoms with E-state index in [9.17, 15) is 18.8 Å². The fourth-order valence-corrected chi connectivity index (χ4v) is 2.91. The molecule has 0 unspecified atom stereocenters. The van der Waals surface area contributed by atoms with E-state index in [1.54, 1.807) is 24.3 Å². The van der Waals surface area contributed by atoms with E-state index in [0.29, 0.717) is 47.6 Å². The number of benzene rings is 2. The van der Waals surface area contributed by atoms with Crippen LogP contribution in [0.1, 0.15) is 30.4 Å². The number of hydrogen-bond donors (Lipinski definition) is 1. The van der Waals surface area contributed by atoms with Crippen LogP contribution in [0.2, 0.25) is 0 Å². The van der Waals surface area contributed by atoms with Crippen molar-refractivity contribution < 1.29 is 33.0 Å². The molecule has 0 aliphatic rings. The Bertz CT molecular complexity index is 962. The molecular weight excluding hydrogens is 417 g/mol. The topological polar surface area (TPSA) is 90.9 Å². The molecule has 7 nitrogen and oxygen atoms in total. The molecule has 0 heterocycles. The average Bonchev–Trinajstić information content (AvgIpc) is 2.81. The summed E-state index contributed by atoms with van der Waals surface area (Å²) >= 11 is 0. The molecule has 0 aliphatic carbocycles. The van der Waals surface area contributed by atoms with Crippen LogP contribution in [0, 0.1) is 5.82 Å². The van der Waals surface area contributed by atoms with Crippen LogP contribution in [0.4, 0.5) is 4.39 Å². The van der Waals surface area contributed by atoms with Gasteiger partial charge in [0.1, 0.15) is 17.3 Å². The Morgan fingerprint density at radius 3 is 2.12 bits per heavy atom. The first-order chi connectivity index (χ1) is 15.4. The molecule has 8 heteroatoms. The molecule has 2 rings (SSSR count). The number of carbonyl (C=O) groups is 3. The third kappa shape index (κ3) is 7.23. The van der Waals surface area contributed by atoms with Gasteiger partial charge in [-0.05, 0) is 54.3 Å². The second-order valence-electron chi connectivity index (χ2n) is 6.84. The summed E-state index contributed by atoms with van der Waals surface area (Å²) < 4.78 is 28.3. The van der Waals surface area contributed by atoms with Gasteiger partial charge < -0.3 is 19.5 Å². The normalized spacial score (nSPS) is 10.9. The van der Waals surface area contributed by atoms with E-state index in [2.05, 4.69) is 10.1 Å². The number of Topliss-reactive ketones (excluding diaryl/α,β-unsaturated/α-hetero) is 1. The summed E-state index contributed by atoms with van der Waals surface area (Å²) in [7, 11) is 4.21. The lowest BCUT2D eigenvalue weighted by Crippen LogP contribution is -2.25. The maximum absolute atomic E-state index is 13.4. The van der Waals surface area contributed by atoms with Crippen molar-refractivity contribution in [1.29, 1.82) is 0 Å². The van der Waals surface area contributed by atoms with Gasteiger partial charge in [-0.2, -0.15) is 0 Å². The van der Waals surface area contributed by atoms with Gasteiger partial charge in [-0.15, -0.1) is 0 Å². The maximum atomic E-state index is 13.4. The smallest absolute Gasteiger partial charge is 0.374 e. The molecule has 32 heavy (non-hydrogen) atoms. The molecule has 1 amide bonds. The fraction of sp³-hybridized carbons (Fsp3) is 0.292. The van der Waals surface area contributed by atoms with Gasteiger partial charge >= 0.3 is 5.97 Å². The first-order valence-electron chi connectivity index (χ1n) is 9.98. The van der Waals surface area contributed by atoms with E-state index in [0.717, 1.165) is 7.11 Å². The summed E-state index contributed by atoms with van der Waals surface area (Å²) in [6.07, 6.45) is 2.64. The van der Waals surface area contributed by atoms with Crippen LogP contribution >= 0.6 is 0 Å². The Balaban J connectivity index is 2.16. The summed E-state index contributed by atoms with van der Waals surface area (Å²) in [5.41, 5.74) is 1.52. The second kappa shape index (κ2) is 12.2. The lowest BCUT2D eigenvalue weighted by Gasteiger charge is -2.11. The summed E-state index contributed by atoms with van der Waals surface area (Å²) in [6.45, 7) is 0.299. The van der Waals surface area contributed by atoms with Crippen LogP contribution < -0.4 is 14.8 Å². The van der Waals surface area contributed by atoms with Crippen molar-refractivity contribution in [3.05, 3.63) is 59.4 Å². The summed E-state index contributed by atoms with van der Waals surface area (Å²) in [4.78, 5) is 35.5. The van der Waals surface area contributed by atoms with Gasteiger partial charge in [0.2, 0.25) is 5.78 Å². The van der Waals surface area contributed by atoms with Gasteiger partial charge in [-0.1, -0.05) is 12.1 Å². The van der Waals surface area contributed by atoms with Gasteiger partial charge in [0, 0.05) is 24.6 Å². The van der Waals surface area contributed by atoms with E-state index >= 15 is 0 Å². The number of carbonyl (C=O) groups excluding carboxylic acids is 3. The van der Waals surface area contributed by atoms with Crippen LogP contribution in [0.25, 0.3) is 11.6 Å². The maximum Gasteiger partial charge on any atom is 0.374 e. The van der Waals surface area contributed by atoms with Gasteiger partial charge in [0.15, 0.2) is 0 Å². The third-order valence-corrected chi connectivity index (χ3v) is 4.61. The van der Waals surface area contributed by atoms with Crippen LogP contribution in [0.3, 0.4) is 0 Å². The monoisotopic (exact) mass is 443 g/mol. The summed E-state index contributed by atoms with van der Waals surface area (Å²) in [5.74, 6) is -1.12. The number of nitrogens with one attached hydrogen (secondary N) is 1. The summed E-state index contributed by atoms with van der Waals surface area (Å²) in [5, 5.41) is 2.80. The Kier molecular flexibility index (Phi) is 9.41. The van der Waals surface area contributed by atoms with Gasteiger partial charge in [0.25, 0.3) is 5.91 Å². The van der Waals surface area contributed by atoms with Crippen LogP contribution in [0.15, 0.2) is 42.5 Å². The third-order valence-electron chi connectivity index (χ3n) is 4.61. The van der Waals surface area contributed by atoms with E-state index < -0.39 is 17.6 Å². The lowest BCUT2D eigenvalue weighted by molar-refractivity contribution is -0.151. The number of hydrogen-bond acceptors (Lipinski definition) is 6. The highest BCUT2D eigenvalue weighted by Crippen LogP contribution is 2.26. The first kappa shape index (κ1) is 24.6. The molecule has 0 aromatic heterocycles. The number of ketones is 1. The van der Waals surface area contributed by atoms with Gasteiger partial charge in [-0.25, -0.2) is 9.18 Å². The van der Waals surface area contributed by atoms with Gasteiger partial charge in [-0.3, -0.25) is 9.59 Å². The highest BCUT2D eigenvalue weighted by Gasteiger charge is 2.15. The molecule has 0 saturated carbocycles. The SMILES string of the molecule is COC(=O)C(=O)CCCCNC(=O)/C(=C\c1cc(OC)cc(OC)c1)c1ccc(F)cc1. The average molecular weight is 443 g/mol. The lowest BCUT2D eigenvalue weighted by atomic mass is 10.0. The Hall–Kier alpha value is -3.68.